The molecule has 0 radical (unpaired) electrons. The molecule has 1 aliphatic heterocycles. The number of hydrogen-bond donors (Lipinski definition) is 0. The second kappa shape index (κ2) is 7.09. The SMILES string of the molecule is COc1cccc(C(=O)N2CCc3ccc(S(=O)(=O)N(C)C)cc3C2)c1. The number of sulfonamides is 1. The summed E-state index contributed by atoms with van der Waals surface area (Å²) in [6.07, 6.45) is 0.702. The topological polar surface area (TPSA) is 66.9 Å². The third-order valence-electron chi connectivity index (χ3n) is 4.57. The van der Waals surface area contributed by atoms with Crippen molar-refractivity contribution in [3.63, 3.8) is 0 Å². The summed E-state index contributed by atoms with van der Waals surface area (Å²) in [5, 5.41) is 0. The lowest BCUT2D eigenvalue weighted by atomic mass is 9.99. The first kappa shape index (κ1) is 18.4. The monoisotopic (exact) mass is 374 g/mol. The molecule has 0 spiro atoms. The minimum Gasteiger partial charge on any atom is -0.497 e. The first-order chi connectivity index (χ1) is 12.3. The highest BCUT2D eigenvalue weighted by molar-refractivity contribution is 7.89. The summed E-state index contributed by atoms with van der Waals surface area (Å²) in [4.78, 5) is 14.8. The van der Waals surface area contributed by atoms with Crippen LogP contribution in [0.2, 0.25) is 0 Å². The van der Waals surface area contributed by atoms with Gasteiger partial charge in [-0.15, -0.1) is 0 Å². The highest BCUT2D eigenvalue weighted by Crippen LogP contribution is 2.25. The zero-order chi connectivity index (χ0) is 18.9. The number of carbonyl (C=O) groups is 1. The van der Waals surface area contributed by atoms with Gasteiger partial charge in [-0.05, 0) is 47.9 Å². The Hall–Kier alpha value is -2.38. The average Bonchev–Trinajstić information content (AvgIpc) is 2.66. The van der Waals surface area contributed by atoms with Crippen LogP contribution in [0, 0.1) is 0 Å². The van der Waals surface area contributed by atoms with Gasteiger partial charge < -0.3 is 9.64 Å². The number of carbonyl (C=O) groups excluding carboxylic acids is 1. The molecule has 0 unspecified atom stereocenters. The molecule has 2 aromatic rings. The van der Waals surface area contributed by atoms with Crippen molar-refractivity contribution >= 4 is 15.9 Å². The molecule has 0 atom stereocenters. The minimum atomic E-state index is -3.50. The van der Waals surface area contributed by atoms with Crippen LogP contribution in [-0.4, -0.2) is 51.3 Å². The highest BCUT2D eigenvalue weighted by atomic mass is 32.2. The fourth-order valence-electron chi connectivity index (χ4n) is 3.02. The summed E-state index contributed by atoms with van der Waals surface area (Å²) in [6.45, 7) is 0.991. The van der Waals surface area contributed by atoms with E-state index in [1.165, 1.54) is 18.4 Å². The van der Waals surface area contributed by atoms with Crippen molar-refractivity contribution in [1.29, 1.82) is 0 Å². The van der Waals surface area contributed by atoms with Crippen LogP contribution in [-0.2, 0) is 23.0 Å². The van der Waals surface area contributed by atoms with Gasteiger partial charge in [-0.2, -0.15) is 0 Å². The van der Waals surface area contributed by atoms with E-state index in [0.29, 0.717) is 30.8 Å². The Morgan fingerprint density at radius 3 is 2.58 bits per heavy atom. The summed E-state index contributed by atoms with van der Waals surface area (Å²) in [5.41, 5.74) is 2.51. The fraction of sp³-hybridized carbons (Fsp3) is 0.316. The predicted octanol–water partition coefficient (Wildman–Crippen LogP) is 2.14. The van der Waals surface area contributed by atoms with Crippen molar-refractivity contribution in [3.8, 4) is 5.75 Å². The van der Waals surface area contributed by atoms with E-state index < -0.39 is 10.0 Å². The molecule has 6 nitrogen and oxygen atoms in total. The quantitative estimate of drug-likeness (QED) is 0.822. The minimum absolute atomic E-state index is 0.0876. The van der Waals surface area contributed by atoms with E-state index in [4.69, 9.17) is 4.74 Å². The molecule has 1 heterocycles. The maximum absolute atomic E-state index is 12.8. The van der Waals surface area contributed by atoms with Crippen LogP contribution in [0.1, 0.15) is 21.5 Å². The number of nitrogens with zero attached hydrogens (tertiary/aromatic N) is 2. The van der Waals surface area contributed by atoms with E-state index in [-0.39, 0.29) is 10.8 Å². The van der Waals surface area contributed by atoms with Crippen LogP contribution in [0.4, 0.5) is 0 Å². The Labute approximate surface area is 154 Å². The van der Waals surface area contributed by atoms with Gasteiger partial charge in [-0.25, -0.2) is 12.7 Å². The van der Waals surface area contributed by atoms with E-state index >= 15 is 0 Å². The van der Waals surface area contributed by atoms with Gasteiger partial charge in [0.1, 0.15) is 5.75 Å². The second-order valence-corrected chi connectivity index (χ2v) is 8.58. The maximum Gasteiger partial charge on any atom is 0.254 e. The van der Waals surface area contributed by atoms with Crippen molar-refractivity contribution in [2.75, 3.05) is 27.7 Å². The largest absolute Gasteiger partial charge is 0.497 e. The van der Waals surface area contributed by atoms with E-state index in [0.717, 1.165) is 11.1 Å². The molecule has 0 bridgehead atoms. The first-order valence-electron chi connectivity index (χ1n) is 8.30. The number of fused-ring (bicyclic) bond motifs is 1. The molecule has 26 heavy (non-hydrogen) atoms. The number of ether oxygens (including phenoxy) is 1. The molecule has 0 aliphatic carbocycles. The van der Waals surface area contributed by atoms with E-state index in [1.807, 2.05) is 6.07 Å². The summed E-state index contributed by atoms with van der Waals surface area (Å²) < 4.78 is 31.1. The summed E-state index contributed by atoms with van der Waals surface area (Å²) in [6, 6.07) is 12.2. The molecule has 1 amide bonds. The Balaban J connectivity index is 1.87. The zero-order valence-electron chi connectivity index (χ0n) is 15.1. The smallest absolute Gasteiger partial charge is 0.254 e. The number of amides is 1. The molecule has 0 aromatic heterocycles. The van der Waals surface area contributed by atoms with Gasteiger partial charge in [0.05, 0.1) is 12.0 Å². The van der Waals surface area contributed by atoms with Gasteiger partial charge in [0, 0.05) is 32.7 Å². The molecule has 0 N–H and O–H groups in total. The van der Waals surface area contributed by atoms with Crippen LogP contribution in [0.3, 0.4) is 0 Å². The number of benzene rings is 2. The van der Waals surface area contributed by atoms with Gasteiger partial charge in [-0.3, -0.25) is 4.79 Å². The third-order valence-corrected chi connectivity index (χ3v) is 6.38. The van der Waals surface area contributed by atoms with Crippen LogP contribution >= 0.6 is 0 Å². The van der Waals surface area contributed by atoms with Crippen molar-refractivity contribution in [2.24, 2.45) is 0 Å². The molecule has 0 fully saturated rings. The molecular formula is C19H22N2O4S. The van der Waals surface area contributed by atoms with Crippen molar-refractivity contribution < 1.29 is 17.9 Å². The molecule has 7 heteroatoms. The molecule has 1 aliphatic rings. The predicted molar refractivity (Wildman–Crippen MR) is 98.8 cm³/mol. The van der Waals surface area contributed by atoms with Crippen LogP contribution in [0.15, 0.2) is 47.4 Å². The fourth-order valence-corrected chi connectivity index (χ4v) is 3.97. The summed E-state index contributed by atoms with van der Waals surface area (Å²) in [5.74, 6) is 0.544. The Kier molecular flexibility index (Phi) is 5.02. The number of methoxy groups -OCH3 is 1. The van der Waals surface area contributed by atoms with Crippen LogP contribution in [0.25, 0.3) is 0 Å². The molecular weight excluding hydrogens is 352 g/mol. The Morgan fingerprint density at radius 2 is 1.88 bits per heavy atom. The van der Waals surface area contributed by atoms with E-state index in [9.17, 15) is 13.2 Å². The lowest BCUT2D eigenvalue weighted by Crippen LogP contribution is -2.36. The number of rotatable bonds is 4. The van der Waals surface area contributed by atoms with Gasteiger partial charge in [0.25, 0.3) is 5.91 Å². The molecule has 138 valence electrons. The Bertz CT molecular complexity index is 938. The third kappa shape index (κ3) is 3.45. The van der Waals surface area contributed by atoms with Gasteiger partial charge >= 0.3 is 0 Å². The first-order valence-corrected chi connectivity index (χ1v) is 9.74. The molecule has 0 saturated heterocycles. The average molecular weight is 374 g/mol. The molecule has 2 aromatic carbocycles. The Morgan fingerprint density at radius 1 is 1.12 bits per heavy atom. The second-order valence-electron chi connectivity index (χ2n) is 6.43. The number of hydrogen-bond acceptors (Lipinski definition) is 4. The maximum atomic E-state index is 12.8. The van der Waals surface area contributed by atoms with Gasteiger partial charge in [0.15, 0.2) is 0 Å². The summed E-state index contributed by atoms with van der Waals surface area (Å²) >= 11 is 0. The molecule has 0 saturated carbocycles. The van der Waals surface area contributed by atoms with Crippen molar-refractivity contribution in [3.05, 3.63) is 59.2 Å². The zero-order valence-corrected chi connectivity index (χ0v) is 15.9. The highest BCUT2D eigenvalue weighted by Gasteiger charge is 2.25. The van der Waals surface area contributed by atoms with Crippen LogP contribution in [0.5, 0.6) is 5.75 Å². The van der Waals surface area contributed by atoms with E-state index in [2.05, 4.69) is 0 Å². The normalized spacial score (nSPS) is 14.2. The van der Waals surface area contributed by atoms with Gasteiger partial charge in [0.2, 0.25) is 10.0 Å². The lowest BCUT2D eigenvalue weighted by molar-refractivity contribution is 0.0734. The lowest BCUT2D eigenvalue weighted by Gasteiger charge is -2.29. The van der Waals surface area contributed by atoms with Crippen LogP contribution < -0.4 is 4.74 Å². The standard InChI is InChI=1S/C19H22N2O4S/c1-20(2)26(23,24)18-8-7-14-9-10-21(13-16(14)12-18)19(22)15-5-4-6-17(11-15)25-3/h4-8,11-12H,9-10,13H2,1-3H3. The van der Waals surface area contributed by atoms with Crippen molar-refractivity contribution in [1.82, 2.24) is 9.21 Å². The van der Waals surface area contributed by atoms with Gasteiger partial charge in [-0.1, -0.05) is 12.1 Å². The summed E-state index contributed by atoms with van der Waals surface area (Å²) in [7, 11) is 1.08. The van der Waals surface area contributed by atoms with E-state index in [1.54, 1.807) is 48.4 Å². The molecule has 3 rings (SSSR count). The van der Waals surface area contributed by atoms with Crippen molar-refractivity contribution in [2.45, 2.75) is 17.9 Å².